The third kappa shape index (κ3) is 4.42. The Labute approximate surface area is 193 Å². The van der Waals surface area contributed by atoms with Crippen molar-refractivity contribution in [2.45, 2.75) is 32.9 Å². The molecule has 0 radical (unpaired) electrons. The Balaban J connectivity index is 1.53. The molecule has 0 unspecified atom stereocenters. The highest BCUT2D eigenvalue weighted by molar-refractivity contribution is 5.74. The summed E-state index contributed by atoms with van der Waals surface area (Å²) in [4.78, 5) is 0. The number of rotatable bonds is 6. The number of phenolic OH excluding ortho intramolecular Hbond substituents is 1. The molecule has 1 aromatic heterocycles. The van der Waals surface area contributed by atoms with Gasteiger partial charge >= 0.3 is 0 Å². The number of benzene rings is 3. The fourth-order valence-corrected chi connectivity index (χ4v) is 4.57. The van der Waals surface area contributed by atoms with Crippen LogP contribution in [0, 0.1) is 12.7 Å². The van der Waals surface area contributed by atoms with Gasteiger partial charge in [0.1, 0.15) is 18.2 Å². The summed E-state index contributed by atoms with van der Waals surface area (Å²) < 4.78 is 22.1. The number of aromatic nitrogens is 1. The molecule has 33 heavy (non-hydrogen) atoms. The average Bonchev–Trinajstić information content (AvgIpc) is 3.11. The Hall–Kier alpha value is -3.79. The van der Waals surface area contributed by atoms with E-state index < -0.39 is 0 Å². The van der Waals surface area contributed by atoms with Gasteiger partial charge in [-0.2, -0.15) is 0 Å². The lowest BCUT2D eigenvalue weighted by molar-refractivity contribution is 0.191. The number of hydrogen-bond acceptors (Lipinski definition) is 2. The van der Waals surface area contributed by atoms with E-state index in [2.05, 4.69) is 29.7 Å². The molecule has 1 heterocycles. The van der Waals surface area contributed by atoms with Gasteiger partial charge in [0, 0.05) is 24.2 Å². The fraction of sp³-hybridized carbons (Fsp3) is 0.172. The predicted molar refractivity (Wildman–Crippen MR) is 129 cm³/mol. The monoisotopic (exact) mass is 439 g/mol. The van der Waals surface area contributed by atoms with Crippen LogP contribution in [0.5, 0.6) is 5.75 Å². The molecule has 0 saturated heterocycles. The van der Waals surface area contributed by atoms with Crippen LogP contribution in [0.3, 0.4) is 0 Å². The van der Waals surface area contributed by atoms with Crippen LogP contribution in [0.25, 0.3) is 17.3 Å². The third-order valence-electron chi connectivity index (χ3n) is 6.24. The SMILES string of the molecule is Cc1c2c(n(Cc3ccc(O)cc3)c1-c1ccc(F)cc1)CCC(OCc1ccccc1)=C2. The van der Waals surface area contributed by atoms with E-state index in [0.717, 1.165) is 46.5 Å². The highest BCUT2D eigenvalue weighted by Crippen LogP contribution is 2.37. The number of aromatic hydroxyl groups is 1. The lowest BCUT2D eigenvalue weighted by Crippen LogP contribution is -2.10. The number of halogens is 1. The first-order valence-electron chi connectivity index (χ1n) is 11.2. The molecule has 3 nitrogen and oxygen atoms in total. The van der Waals surface area contributed by atoms with E-state index in [1.165, 1.54) is 23.4 Å². The minimum Gasteiger partial charge on any atom is -0.508 e. The van der Waals surface area contributed by atoms with Crippen molar-refractivity contribution in [1.29, 1.82) is 0 Å². The topological polar surface area (TPSA) is 34.4 Å². The Bertz CT molecular complexity index is 1290. The summed E-state index contributed by atoms with van der Waals surface area (Å²) in [6.07, 6.45) is 3.87. The molecule has 4 heteroatoms. The van der Waals surface area contributed by atoms with Gasteiger partial charge in [0.2, 0.25) is 0 Å². The minimum absolute atomic E-state index is 0.241. The minimum atomic E-state index is -0.241. The van der Waals surface area contributed by atoms with Gasteiger partial charge in [0.05, 0.1) is 11.5 Å². The summed E-state index contributed by atoms with van der Waals surface area (Å²) in [6.45, 7) is 3.36. The van der Waals surface area contributed by atoms with Crippen LogP contribution < -0.4 is 0 Å². The normalized spacial score (nSPS) is 12.8. The molecule has 1 aliphatic carbocycles. The van der Waals surface area contributed by atoms with Crippen LogP contribution >= 0.6 is 0 Å². The first-order valence-corrected chi connectivity index (χ1v) is 11.2. The van der Waals surface area contributed by atoms with Crippen molar-refractivity contribution in [3.63, 3.8) is 0 Å². The molecule has 166 valence electrons. The van der Waals surface area contributed by atoms with Gasteiger partial charge in [-0.25, -0.2) is 4.39 Å². The molecule has 0 spiro atoms. The zero-order valence-electron chi connectivity index (χ0n) is 18.6. The average molecular weight is 440 g/mol. The summed E-state index contributed by atoms with van der Waals surface area (Å²) in [5, 5.41) is 9.68. The van der Waals surface area contributed by atoms with Gasteiger partial charge in [-0.05, 0) is 78.1 Å². The molecule has 0 fully saturated rings. The lowest BCUT2D eigenvalue weighted by atomic mass is 9.99. The van der Waals surface area contributed by atoms with E-state index in [-0.39, 0.29) is 11.6 Å². The summed E-state index contributed by atoms with van der Waals surface area (Å²) in [5.74, 6) is 1.00. The van der Waals surface area contributed by atoms with Gasteiger partial charge in [-0.3, -0.25) is 0 Å². The van der Waals surface area contributed by atoms with Crippen molar-refractivity contribution in [2.75, 3.05) is 0 Å². The van der Waals surface area contributed by atoms with E-state index in [1.807, 2.05) is 42.5 Å². The van der Waals surface area contributed by atoms with Crippen LogP contribution in [0.1, 0.15) is 34.4 Å². The first kappa shape index (κ1) is 21.1. The van der Waals surface area contributed by atoms with Gasteiger partial charge in [0.25, 0.3) is 0 Å². The van der Waals surface area contributed by atoms with Crippen molar-refractivity contribution in [3.8, 4) is 17.0 Å². The van der Waals surface area contributed by atoms with Crippen LogP contribution in [0.2, 0.25) is 0 Å². The van der Waals surface area contributed by atoms with Crippen molar-refractivity contribution < 1.29 is 14.2 Å². The van der Waals surface area contributed by atoms with E-state index in [4.69, 9.17) is 4.74 Å². The van der Waals surface area contributed by atoms with E-state index in [0.29, 0.717) is 13.2 Å². The van der Waals surface area contributed by atoms with Crippen LogP contribution in [0.4, 0.5) is 4.39 Å². The number of allylic oxidation sites excluding steroid dienone is 1. The summed E-state index contributed by atoms with van der Waals surface area (Å²) in [5.41, 5.74) is 7.93. The summed E-state index contributed by atoms with van der Waals surface area (Å²) >= 11 is 0. The summed E-state index contributed by atoms with van der Waals surface area (Å²) in [6, 6.07) is 24.2. The summed E-state index contributed by atoms with van der Waals surface area (Å²) in [7, 11) is 0. The Morgan fingerprint density at radius 3 is 2.33 bits per heavy atom. The van der Waals surface area contributed by atoms with Crippen molar-refractivity contribution >= 4 is 6.08 Å². The first-order chi connectivity index (χ1) is 16.1. The Kier molecular flexibility index (Phi) is 5.74. The van der Waals surface area contributed by atoms with Crippen molar-refractivity contribution in [2.24, 2.45) is 0 Å². The highest BCUT2D eigenvalue weighted by atomic mass is 19.1. The maximum absolute atomic E-state index is 13.6. The Morgan fingerprint density at radius 2 is 1.61 bits per heavy atom. The number of hydrogen-bond donors (Lipinski definition) is 1. The van der Waals surface area contributed by atoms with Crippen LogP contribution in [-0.2, 0) is 24.3 Å². The standard InChI is InChI=1S/C29H26FNO2/c1-20-27-17-26(33-19-22-5-3-2-4-6-22)15-16-28(27)31(18-21-7-13-25(32)14-8-21)29(20)23-9-11-24(30)12-10-23/h2-14,17,32H,15-16,18-19H2,1H3. The maximum atomic E-state index is 13.6. The fourth-order valence-electron chi connectivity index (χ4n) is 4.57. The molecule has 0 atom stereocenters. The number of nitrogens with zero attached hydrogens (tertiary/aromatic N) is 1. The molecule has 1 aliphatic rings. The quantitative estimate of drug-likeness (QED) is 0.356. The van der Waals surface area contributed by atoms with Gasteiger partial charge in [-0.15, -0.1) is 0 Å². The highest BCUT2D eigenvalue weighted by Gasteiger charge is 2.24. The lowest BCUT2D eigenvalue weighted by Gasteiger charge is -2.19. The second-order valence-corrected chi connectivity index (χ2v) is 8.48. The second kappa shape index (κ2) is 8.99. The van der Waals surface area contributed by atoms with Crippen molar-refractivity contribution in [1.82, 2.24) is 4.57 Å². The van der Waals surface area contributed by atoms with E-state index in [9.17, 15) is 9.50 Å². The molecule has 4 aromatic rings. The molecule has 0 amide bonds. The van der Waals surface area contributed by atoms with Crippen LogP contribution in [0.15, 0.2) is 84.6 Å². The molecule has 1 N–H and O–H groups in total. The van der Waals surface area contributed by atoms with Gasteiger partial charge in [0.15, 0.2) is 0 Å². The largest absolute Gasteiger partial charge is 0.508 e. The maximum Gasteiger partial charge on any atom is 0.123 e. The smallest absolute Gasteiger partial charge is 0.123 e. The van der Waals surface area contributed by atoms with Crippen molar-refractivity contribution in [3.05, 3.63) is 118 Å². The van der Waals surface area contributed by atoms with E-state index >= 15 is 0 Å². The molecule has 0 aliphatic heterocycles. The van der Waals surface area contributed by atoms with Gasteiger partial charge in [-0.1, -0.05) is 42.5 Å². The third-order valence-corrected chi connectivity index (χ3v) is 6.24. The molecular weight excluding hydrogens is 413 g/mol. The zero-order valence-corrected chi connectivity index (χ0v) is 18.6. The Morgan fingerprint density at radius 1 is 0.879 bits per heavy atom. The zero-order chi connectivity index (χ0) is 22.8. The number of ether oxygens (including phenoxy) is 1. The van der Waals surface area contributed by atoms with Crippen LogP contribution in [-0.4, -0.2) is 9.67 Å². The predicted octanol–water partition coefficient (Wildman–Crippen LogP) is 6.86. The number of phenols is 1. The molecular formula is C29H26FNO2. The molecule has 0 saturated carbocycles. The van der Waals surface area contributed by atoms with Gasteiger partial charge < -0.3 is 14.4 Å². The molecule has 5 rings (SSSR count). The second-order valence-electron chi connectivity index (χ2n) is 8.48. The number of fused-ring (bicyclic) bond motifs is 1. The molecule has 0 bridgehead atoms. The molecule has 3 aromatic carbocycles. The van der Waals surface area contributed by atoms with E-state index in [1.54, 1.807) is 12.1 Å².